The molecule has 0 bridgehead atoms. The largest absolute Gasteiger partial charge is 0.478 e. The minimum Gasteiger partial charge on any atom is -0.478 e. The van der Waals surface area contributed by atoms with Crippen LogP contribution in [-0.4, -0.2) is 22.2 Å². The normalized spacial score (nSPS) is 15.8. The maximum atomic E-state index is 11.8. The van der Waals surface area contributed by atoms with Crippen molar-refractivity contribution in [3.05, 3.63) is 56.2 Å². The van der Waals surface area contributed by atoms with Gasteiger partial charge in [-0.2, -0.15) is 0 Å². The summed E-state index contributed by atoms with van der Waals surface area (Å²) < 4.78 is 1.84. The Morgan fingerprint density at radius 1 is 1.12 bits per heavy atom. The summed E-state index contributed by atoms with van der Waals surface area (Å²) in [7, 11) is 0. The van der Waals surface area contributed by atoms with E-state index < -0.39 is 17.9 Å². The van der Waals surface area contributed by atoms with Gasteiger partial charge in [-0.25, -0.2) is 9.59 Å². The zero-order valence-corrected chi connectivity index (χ0v) is 15.3. The molecular formula is C17H14BrNO4S. The molecule has 0 fully saturated rings. The second-order valence-corrected chi connectivity index (χ2v) is 7.40. The second kappa shape index (κ2) is 6.07. The van der Waals surface area contributed by atoms with E-state index in [0.29, 0.717) is 17.0 Å². The van der Waals surface area contributed by atoms with Crippen LogP contribution >= 0.6 is 27.3 Å². The van der Waals surface area contributed by atoms with Gasteiger partial charge >= 0.3 is 11.9 Å². The monoisotopic (exact) mass is 407 g/mol. The molecule has 0 atom stereocenters. The third-order valence-corrected chi connectivity index (χ3v) is 5.57. The Bertz CT molecular complexity index is 905. The van der Waals surface area contributed by atoms with Gasteiger partial charge in [-0.05, 0) is 48.4 Å². The molecule has 1 aromatic carbocycles. The van der Waals surface area contributed by atoms with Crippen molar-refractivity contribution in [1.82, 2.24) is 5.32 Å². The minimum absolute atomic E-state index is 0.0673. The Hall–Kier alpha value is -2.12. The summed E-state index contributed by atoms with van der Waals surface area (Å²) >= 11 is 4.90. The van der Waals surface area contributed by atoms with Gasteiger partial charge in [0, 0.05) is 20.6 Å². The first kappa shape index (κ1) is 16.7. The number of carboxylic acid groups (broad SMARTS) is 2. The highest BCUT2D eigenvalue weighted by Gasteiger charge is 2.37. The van der Waals surface area contributed by atoms with Gasteiger partial charge in [0.2, 0.25) is 0 Å². The number of benzene rings is 1. The van der Waals surface area contributed by atoms with Gasteiger partial charge in [0.25, 0.3) is 0 Å². The highest BCUT2D eigenvalue weighted by molar-refractivity contribution is 9.10. The van der Waals surface area contributed by atoms with Crippen LogP contribution in [-0.2, 0) is 9.59 Å². The Morgan fingerprint density at radius 2 is 1.71 bits per heavy atom. The fourth-order valence-corrected chi connectivity index (χ4v) is 4.45. The fraction of sp³-hybridized carbons (Fsp3) is 0.176. The molecule has 1 aromatic heterocycles. The molecule has 124 valence electrons. The average molecular weight is 408 g/mol. The zero-order chi connectivity index (χ0) is 17.6. The third-order valence-electron chi connectivity index (χ3n) is 4.10. The molecule has 0 amide bonds. The molecule has 2 heterocycles. The number of hydrogen-bond donors (Lipinski definition) is 3. The van der Waals surface area contributed by atoms with E-state index in [1.807, 2.05) is 23.6 Å². The lowest BCUT2D eigenvalue weighted by atomic mass is 9.80. The van der Waals surface area contributed by atoms with Crippen molar-refractivity contribution in [2.75, 3.05) is 0 Å². The SMILES string of the molecule is CC1=C(C(=O)O)C(c2csc3ccc(Br)cc23)C(C(=O)O)=C(C)N1. The molecule has 0 saturated heterocycles. The smallest absolute Gasteiger partial charge is 0.334 e. The number of halogens is 1. The summed E-state index contributed by atoms with van der Waals surface area (Å²) in [6.07, 6.45) is 0. The van der Waals surface area contributed by atoms with Crippen molar-refractivity contribution < 1.29 is 19.8 Å². The van der Waals surface area contributed by atoms with Crippen molar-refractivity contribution in [1.29, 1.82) is 0 Å². The molecule has 3 N–H and O–H groups in total. The lowest BCUT2D eigenvalue weighted by Crippen LogP contribution is -2.30. The number of hydrogen-bond acceptors (Lipinski definition) is 4. The number of carboxylic acids is 2. The summed E-state index contributed by atoms with van der Waals surface area (Å²) in [4.78, 5) is 23.7. The lowest BCUT2D eigenvalue weighted by molar-refractivity contribution is -0.133. The van der Waals surface area contributed by atoms with Crippen molar-refractivity contribution in [2.45, 2.75) is 19.8 Å². The van der Waals surface area contributed by atoms with Crippen LogP contribution in [0.2, 0.25) is 0 Å². The summed E-state index contributed by atoms with van der Waals surface area (Å²) in [6, 6.07) is 5.74. The number of carbonyl (C=O) groups is 2. The summed E-state index contributed by atoms with van der Waals surface area (Å²) in [5, 5.41) is 24.9. The van der Waals surface area contributed by atoms with E-state index in [0.717, 1.165) is 14.6 Å². The van der Waals surface area contributed by atoms with E-state index >= 15 is 0 Å². The van der Waals surface area contributed by atoms with Crippen molar-refractivity contribution in [3.63, 3.8) is 0 Å². The first-order valence-electron chi connectivity index (χ1n) is 7.13. The van der Waals surface area contributed by atoms with Gasteiger partial charge in [-0.3, -0.25) is 0 Å². The molecule has 0 spiro atoms. The van der Waals surface area contributed by atoms with Crippen LogP contribution in [0.3, 0.4) is 0 Å². The maximum Gasteiger partial charge on any atom is 0.334 e. The average Bonchev–Trinajstić information content (AvgIpc) is 2.87. The molecule has 24 heavy (non-hydrogen) atoms. The quantitative estimate of drug-likeness (QED) is 0.713. The van der Waals surface area contributed by atoms with Gasteiger partial charge < -0.3 is 15.5 Å². The first-order valence-corrected chi connectivity index (χ1v) is 8.80. The van der Waals surface area contributed by atoms with Gasteiger partial charge in [-0.1, -0.05) is 15.9 Å². The number of rotatable bonds is 3. The van der Waals surface area contributed by atoms with Crippen LogP contribution < -0.4 is 5.32 Å². The Labute approximate surface area is 150 Å². The van der Waals surface area contributed by atoms with Crippen molar-refractivity contribution in [2.24, 2.45) is 0 Å². The Kier molecular flexibility index (Phi) is 4.23. The molecule has 1 aliphatic heterocycles. The third kappa shape index (κ3) is 2.63. The highest BCUT2D eigenvalue weighted by atomic mass is 79.9. The maximum absolute atomic E-state index is 11.8. The number of allylic oxidation sites excluding steroid dienone is 2. The lowest BCUT2D eigenvalue weighted by Gasteiger charge is -2.28. The van der Waals surface area contributed by atoms with Crippen LogP contribution in [0, 0.1) is 0 Å². The van der Waals surface area contributed by atoms with E-state index in [-0.39, 0.29) is 11.1 Å². The van der Waals surface area contributed by atoms with Gasteiger partial charge in [-0.15, -0.1) is 11.3 Å². The van der Waals surface area contributed by atoms with Crippen LogP contribution in [0.1, 0.15) is 25.3 Å². The second-order valence-electron chi connectivity index (χ2n) is 5.58. The Morgan fingerprint density at radius 3 is 2.25 bits per heavy atom. The molecule has 0 unspecified atom stereocenters. The van der Waals surface area contributed by atoms with E-state index in [1.165, 1.54) is 11.3 Å². The molecule has 2 aromatic rings. The van der Waals surface area contributed by atoms with E-state index in [2.05, 4.69) is 21.2 Å². The van der Waals surface area contributed by atoms with E-state index in [4.69, 9.17) is 0 Å². The Balaban J connectivity index is 2.33. The highest BCUT2D eigenvalue weighted by Crippen LogP contribution is 2.43. The van der Waals surface area contributed by atoms with Crippen LogP contribution in [0.25, 0.3) is 10.1 Å². The van der Waals surface area contributed by atoms with Crippen LogP contribution in [0.15, 0.2) is 50.6 Å². The number of dihydropyridines is 1. The van der Waals surface area contributed by atoms with Crippen LogP contribution in [0.5, 0.6) is 0 Å². The molecule has 0 radical (unpaired) electrons. The van der Waals surface area contributed by atoms with E-state index in [9.17, 15) is 19.8 Å². The summed E-state index contributed by atoms with van der Waals surface area (Å²) in [5.74, 6) is -3.06. The summed E-state index contributed by atoms with van der Waals surface area (Å²) in [5.41, 5.74) is 1.76. The van der Waals surface area contributed by atoms with Gasteiger partial charge in [0.1, 0.15) is 0 Å². The van der Waals surface area contributed by atoms with Crippen molar-refractivity contribution >= 4 is 49.3 Å². The number of nitrogens with one attached hydrogen (secondary N) is 1. The van der Waals surface area contributed by atoms with Crippen LogP contribution in [0.4, 0.5) is 0 Å². The standard InChI is InChI=1S/C17H14BrNO4S/c1-7-13(16(20)21)15(14(17(22)23)8(2)19-7)11-6-24-12-4-3-9(18)5-10(11)12/h3-6,15,19H,1-2H3,(H,20,21)(H,22,23). The zero-order valence-electron chi connectivity index (χ0n) is 12.9. The molecule has 0 saturated carbocycles. The number of aliphatic carboxylic acids is 2. The van der Waals surface area contributed by atoms with Crippen molar-refractivity contribution in [3.8, 4) is 0 Å². The first-order chi connectivity index (χ1) is 11.3. The number of thiophene rings is 1. The molecule has 1 aliphatic rings. The molecule has 0 aliphatic carbocycles. The number of fused-ring (bicyclic) bond motifs is 1. The topological polar surface area (TPSA) is 86.6 Å². The fourth-order valence-electron chi connectivity index (χ4n) is 3.12. The van der Waals surface area contributed by atoms with Gasteiger partial charge in [0.05, 0.1) is 17.1 Å². The molecule has 5 nitrogen and oxygen atoms in total. The summed E-state index contributed by atoms with van der Waals surface area (Å²) in [6.45, 7) is 3.31. The predicted octanol–water partition coefficient (Wildman–Crippen LogP) is 4.07. The molecule has 7 heteroatoms. The van der Waals surface area contributed by atoms with E-state index in [1.54, 1.807) is 13.8 Å². The predicted molar refractivity (Wildman–Crippen MR) is 96.1 cm³/mol. The molecular weight excluding hydrogens is 394 g/mol. The minimum atomic E-state index is -1.12. The molecule has 3 rings (SSSR count). The van der Waals surface area contributed by atoms with Gasteiger partial charge in [0.15, 0.2) is 0 Å².